The third-order valence-corrected chi connectivity index (χ3v) is 3.51. The minimum absolute atomic E-state index is 0.160. The Balaban J connectivity index is 3.35. The molecular formula is C10H17NOS. The van der Waals surface area contributed by atoms with Crippen LogP contribution in [0, 0.1) is 0 Å². The summed E-state index contributed by atoms with van der Waals surface area (Å²) in [7, 11) is 1.86. The summed E-state index contributed by atoms with van der Waals surface area (Å²) in [6.45, 7) is 8.54. The van der Waals surface area contributed by atoms with Gasteiger partial charge in [0, 0.05) is 17.6 Å². The fourth-order valence-electron chi connectivity index (χ4n) is 1.56. The largest absolute Gasteiger partial charge is 0.307 e. The van der Waals surface area contributed by atoms with Crippen LogP contribution in [0.3, 0.4) is 0 Å². The first kappa shape index (κ1) is 10.5. The summed E-state index contributed by atoms with van der Waals surface area (Å²) in [5.41, 5.74) is 1.20. The first-order valence-electron chi connectivity index (χ1n) is 4.64. The van der Waals surface area contributed by atoms with E-state index in [0.717, 1.165) is 0 Å². The molecule has 0 bridgehead atoms. The van der Waals surface area contributed by atoms with Gasteiger partial charge in [-0.25, -0.2) is 0 Å². The fourth-order valence-corrected chi connectivity index (χ4v) is 2.70. The predicted octanol–water partition coefficient (Wildman–Crippen LogP) is 2.69. The first-order valence-corrected chi connectivity index (χ1v) is 5.46. The van der Waals surface area contributed by atoms with Gasteiger partial charge in [0.1, 0.15) is 0 Å². The van der Waals surface area contributed by atoms with Gasteiger partial charge in [0.25, 0.3) is 0 Å². The van der Waals surface area contributed by atoms with Gasteiger partial charge >= 0.3 is 4.87 Å². The highest BCUT2D eigenvalue weighted by Crippen LogP contribution is 2.27. The van der Waals surface area contributed by atoms with Gasteiger partial charge in [-0.05, 0) is 11.8 Å². The molecule has 0 aliphatic rings. The molecule has 0 N–H and O–H groups in total. The zero-order valence-corrected chi connectivity index (χ0v) is 9.73. The standard InChI is InChI=1S/C10H17NOS/c1-6(2)8-9(7(3)4)13-10(12)11(8)5/h6-7H,1-5H3. The summed E-state index contributed by atoms with van der Waals surface area (Å²) in [5.74, 6) is 0.887. The van der Waals surface area contributed by atoms with E-state index >= 15 is 0 Å². The molecule has 0 aromatic carbocycles. The van der Waals surface area contributed by atoms with E-state index in [1.165, 1.54) is 21.9 Å². The summed E-state index contributed by atoms with van der Waals surface area (Å²) < 4.78 is 1.78. The second-order valence-electron chi connectivity index (χ2n) is 3.99. The maximum absolute atomic E-state index is 11.5. The van der Waals surface area contributed by atoms with Crippen LogP contribution >= 0.6 is 11.3 Å². The SMILES string of the molecule is CC(C)c1sc(=O)n(C)c1C(C)C. The van der Waals surface area contributed by atoms with E-state index in [1.807, 2.05) is 7.05 Å². The highest BCUT2D eigenvalue weighted by Gasteiger charge is 2.16. The van der Waals surface area contributed by atoms with E-state index in [1.54, 1.807) is 4.57 Å². The van der Waals surface area contributed by atoms with Crippen molar-refractivity contribution in [2.45, 2.75) is 39.5 Å². The number of aromatic nitrogens is 1. The van der Waals surface area contributed by atoms with Crippen LogP contribution in [0.2, 0.25) is 0 Å². The van der Waals surface area contributed by atoms with Gasteiger partial charge in [0.05, 0.1) is 0 Å². The van der Waals surface area contributed by atoms with Crippen molar-refractivity contribution < 1.29 is 0 Å². The van der Waals surface area contributed by atoms with E-state index in [-0.39, 0.29) is 4.87 Å². The zero-order chi connectivity index (χ0) is 10.2. The molecule has 0 saturated carbocycles. The van der Waals surface area contributed by atoms with Crippen molar-refractivity contribution in [3.05, 3.63) is 20.2 Å². The second kappa shape index (κ2) is 3.66. The topological polar surface area (TPSA) is 22.0 Å². The molecule has 2 nitrogen and oxygen atoms in total. The van der Waals surface area contributed by atoms with Crippen molar-refractivity contribution in [1.29, 1.82) is 0 Å². The number of rotatable bonds is 2. The van der Waals surface area contributed by atoms with Crippen LogP contribution in [-0.4, -0.2) is 4.57 Å². The molecule has 0 aliphatic heterocycles. The van der Waals surface area contributed by atoms with Crippen molar-refractivity contribution in [3.63, 3.8) is 0 Å². The minimum Gasteiger partial charge on any atom is -0.306 e. The van der Waals surface area contributed by atoms with Gasteiger partial charge in [-0.1, -0.05) is 39.0 Å². The molecule has 1 rings (SSSR count). The third-order valence-electron chi connectivity index (χ3n) is 2.16. The maximum Gasteiger partial charge on any atom is 0.307 e. The van der Waals surface area contributed by atoms with E-state index in [9.17, 15) is 4.79 Å². The Kier molecular flexibility index (Phi) is 2.96. The second-order valence-corrected chi connectivity index (χ2v) is 4.98. The highest BCUT2D eigenvalue weighted by atomic mass is 32.1. The smallest absolute Gasteiger partial charge is 0.306 e. The van der Waals surface area contributed by atoms with Crippen LogP contribution in [0.5, 0.6) is 0 Å². The Morgan fingerprint density at radius 2 is 1.69 bits per heavy atom. The van der Waals surface area contributed by atoms with Gasteiger partial charge < -0.3 is 4.57 Å². The monoisotopic (exact) mass is 199 g/mol. The molecule has 3 heteroatoms. The van der Waals surface area contributed by atoms with Crippen molar-refractivity contribution in [2.75, 3.05) is 0 Å². The molecule has 0 fully saturated rings. The van der Waals surface area contributed by atoms with E-state index in [2.05, 4.69) is 27.7 Å². The van der Waals surface area contributed by atoms with Gasteiger partial charge in [0.2, 0.25) is 0 Å². The lowest BCUT2D eigenvalue weighted by Crippen LogP contribution is -2.12. The Hall–Kier alpha value is -0.570. The van der Waals surface area contributed by atoms with Gasteiger partial charge in [-0.3, -0.25) is 4.79 Å². The highest BCUT2D eigenvalue weighted by molar-refractivity contribution is 7.09. The van der Waals surface area contributed by atoms with Gasteiger partial charge in [-0.2, -0.15) is 0 Å². The average Bonchev–Trinajstić information content (AvgIpc) is 2.28. The Morgan fingerprint density at radius 1 is 1.15 bits per heavy atom. The number of thiazole rings is 1. The molecule has 0 aliphatic carbocycles. The summed E-state index contributed by atoms with van der Waals surface area (Å²) >= 11 is 1.38. The summed E-state index contributed by atoms with van der Waals surface area (Å²) in [6.07, 6.45) is 0. The molecule has 0 atom stereocenters. The number of hydrogen-bond donors (Lipinski definition) is 0. The first-order chi connectivity index (χ1) is 5.95. The van der Waals surface area contributed by atoms with Crippen LogP contribution in [0.25, 0.3) is 0 Å². The van der Waals surface area contributed by atoms with Crippen LogP contribution in [0.1, 0.15) is 50.1 Å². The molecule has 1 aromatic heterocycles. The number of hydrogen-bond acceptors (Lipinski definition) is 2. The molecule has 1 aromatic rings. The lowest BCUT2D eigenvalue weighted by atomic mass is 10.0. The van der Waals surface area contributed by atoms with Crippen LogP contribution < -0.4 is 4.87 Å². The molecule has 0 amide bonds. The predicted molar refractivity (Wildman–Crippen MR) is 57.7 cm³/mol. The van der Waals surface area contributed by atoms with Crippen molar-refractivity contribution in [1.82, 2.24) is 4.57 Å². The average molecular weight is 199 g/mol. The van der Waals surface area contributed by atoms with E-state index < -0.39 is 0 Å². The van der Waals surface area contributed by atoms with Crippen molar-refractivity contribution in [3.8, 4) is 0 Å². The van der Waals surface area contributed by atoms with Crippen molar-refractivity contribution in [2.24, 2.45) is 7.05 Å². The van der Waals surface area contributed by atoms with Gasteiger partial charge in [0.15, 0.2) is 0 Å². The molecule has 1 heterocycles. The summed E-state index contributed by atoms with van der Waals surface area (Å²) in [5, 5.41) is 0. The van der Waals surface area contributed by atoms with Crippen molar-refractivity contribution >= 4 is 11.3 Å². The molecular weight excluding hydrogens is 182 g/mol. The minimum atomic E-state index is 0.160. The Labute approximate surface area is 83.2 Å². The van der Waals surface area contributed by atoms with E-state index in [4.69, 9.17) is 0 Å². The van der Waals surface area contributed by atoms with E-state index in [0.29, 0.717) is 11.8 Å². The maximum atomic E-state index is 11.5. The Bertz CT molecular complexity index is 346. The molecule has 13 heavy (non-hydrogen) atoms. The lowest BCUT2D eigenvalue weighted by molar-refractivity contribution is 0.701. The normalized spacial score (nSPS) is 11.6. The number of nitrogens with zero attached hydrogens (tertiary/aromatic N) is 1. The molecule has 74 valence electrons. The molecule has 0 radical (unpaired) electrons. The summed E-state index contributed by atoms with van der Waals surface area (Å²) in [4.78, 5) is 12.8. The zero-order valence-electron chi connectivity index (χ0n) is 8.92. The van der Waals surface area contributed by atoms with Crippen LogP contribution in [0.4, 0.5) is 0 Å². The lowest BCUT2D eigenvalue weighted by Gasteiger charge is -2.11. The molecule has 0 saturated heterocycles. The molecule has 0 unspecified atom stereocenters. The quantitative estimate of drug-likeness (QED) is 0.717. The van der Waals surface area contributed by atoms with Gasteiger partial charge in [-0.15, -0.1) is 0 Å². The fraction of sp³-hybridized carbons (Fsp3) is 0.700. The summed E-state index contributed by atoms with van der Waals surface area (Å²) in [6, 6.07) is 0. The van der Waals surface area contributed by atoms with Crippen LogP contribution in [0.15, 0.2) is 4.79 Å². The third kappa shape index (κ3) is 1.85. The van der Waals surface area contributed by atoms with Crippen LogP contribution in [-0.2, 0) is 7.05 Å². The Morgan fingerprint density at radius 3 is 2.00 bits per heavy atom. The molecule has 0 spiro atoms.